The molecule has 1 fully saturated rings. The van der Waals surface area contributed by atoms with Crippen molar-refractivity contribution in [3.63, 3.8) is 0 Å². The van der Waals surface area contributed by atoms with Gasteiger partial charge in [-0.1, -0.05) is 11.6 Å². The summed E-state index contributed by atoms with van der Waals surface area (Å²) in [5.74, 6) is 0.462. The zero-order valence-corrected chi connectivity index (χ0v) is 12.2. The van der Waals surface area contributed by atoms with Gasteiger partial charge in [0.2, 0.25) is 5.91 Å². The van der Waals surface area contributed by atoms with Gasteiger partial charge in [-0.3, -0.25) is 9.69 Å². The van der Waals surface area contributed by atoms with Gasteiger partial charge in [0.05, 0.1) is 24.8 Å². The van der Waals surface area contributed by atoms with Crippen LogP contribution in [0.25, 0.3) is 0 Å². The quantitative estimate of drug-likeness (QED) is 0.889. The first-order chi connectivity index (χ1) is 9.58. The van der Waals surface area contributed by atoms with Crippen molar-refractivity contribution in [3.8, 4) is 5.75 Å². The summed E-state index contributed by atoms with van der Waals surface area (Å²) in [5, 5.41) is 12.8. The van der Waals surface area contributed by atoms with Crippen LogP contribution >= 0.6 is 11.6 Å². The van der Waals surface area contributed by atoms with Gasteiger partial charge in [-0.25, -0.2) is 0 Å². The van der Waals surface area contributed by atoms with Crippen LogP contribution in [-0.2, 0) is 4.79 Å². The number of likely N-dealkylation sites (tertiary alicyclic amines) is 1. The third-order valence-corrected chi connectivity index (χ3v) is 3.58. The Balaban J connectivity index is 1.89. The Kier molecular flexibility index (Phi) is 5.23. The van der Waals surface area contributed by atoms with Crippen LogP contribution in [0.4, 0.5) is 5.69 Å². The van der Waals surface area contributed by atoms with Crippen LogP contribution in [0.15, 0.2) is 18.2 Å². The summed E-state index contributed by atoms with van der Waals surface area (Å²) in [7, 11) is 1.54. The van der Waals surface area contributed by atoms with Crippen LogP contribution in [0.3, 0.4) is 0 Å². The zero-order chi connectivity index (χ0) is 14.5. The normalized spacial score (nSPS) is 19.6. The van der Waals surface area contributed by atoms with Crippen molar-refractivity contribution < 1.29 is 14.6 Å². The predicted octanol–water partition coefficient (Wildman–Crippen LogP) is 1.74. The second-order valence-electron chi connectivity index (χ2n) is 4.93. The number of hydrogen-bond acceptors (Lipinski definition) is 4. The fourth-order valence-corrected chi connectivity index (χ4v) is 2.58. The molecule has 1 aliphatic heterocycles. The van der Waals surface area contributed by atoms with Gasteiger partial charge in [-0.2, -0.15) is 0 Å². The molecule has 0 radical (unpaired) electrons. The molecule has 6 heteroatoms. The molecule has 0 aliphatic carbocycles. The van der Waals surface area contributed by atoms with Crippen LogP contribution in [0.1, 0.15) is 12.8 Å². The minimum Gasteiger partial charge on any atom is -0.495 e. The molecule has 20 heavy (non-hydrogen) atoms. The van der Waals surface area contributed by atoms with E-state index in [1.165, 1.54) is 0 Å². The third kappa shape index (κ3) is 4.10. The zero-order valence-electron chi connectivity index (χ0n) is 11.4. The third-order valence-electron chi connectivity index (χ3n) is 3.28. The molecule has 110 valence electrons. The lowest BCUT2D eigenvalue weighted by Crippen LogP contribution is -2.42. The number of benzene rings is 1. The van der Waals surface area contributed by atoms with E-state index in [1.807, 2.05) is 4.90 Å². The van der Waals surface area contributed by atoms with E-state index in [1.54, 1.807) is 25.3 Å². The van der Waals surface area contributed by atoms with Crippen LogP contribution in [-0.4, -0.2) is 48.8 Å². The summed E-state index contributed by atoms with van der Waals surface area (Å²) in [6.07, 6.45) is 1.40. The summed E-state index contributed by atoms with van der Waals surface area (Å²) in [6, 6.07) is 5.11. The first-order valence-corrected chi connectivity index (χ1v) is 7.00. The molecular weight excluding hydrogens is 280 g/mol. The number of piperidine rings is 1. The summed E-state index contributed by atoms with van der Waals surface area (Å²) >= 11 is 6.00. The highest BCUT2D eigenvalue weighted by Crippen LogP contribution is 2.27. The first kappa shape index (κ1) is 15.1. The van der Waals surface area contributed by atoms with E-state index in [9.17, 15) is 9.90 Å². The lowest BCUT2D eigenvalue weighted by molar-refractivity contribution is -0.118. The Bertz CT molecular complexity index is 481. The number of β-amino-alcohol motifs (C(OH)–C–C–N with tert-alkyl or cyclic N) is 1. The number of nitrogens with zero attached hydrogens (tertiary/aromatic N) is 1. The molecule has 1 saturated heterocycles. The van der Waals surface area contributed by atoms with Gasteiger partial charge >= 0.3 is 0 Å². The Morgan fingerprint density at radius 1 is 1.60 bits per heavy atom. The van der Waals surface area contributed by atoms with Crippen molar-refractivity contribution >= 4 is 23.2 Å². The maximum Gasteiger partial charge on any atom is 0.238 e. The van der Waals surface area contributed by atoms with Crippen molar-refractivity contribution in [2.75, 3.05) is 32.1 Å². The van der Waals surface area contributed by atoms with Crippen LogP contribution in [0.2, 0.25) is 5.02 Å². The lowest BCUT2D eigenvalue weighted by atomic mass is 10.1. The van der Waals surface area contributed by atoms with Gasteiger partial charge in [0, 0.05) is 12.2 Å². The average molecular weight is 299 g/mol. The monoisotopic (exact) mass is 298 g/mol. The van der Waals surface area contributed by atoms with Crippen molar-refractivity contribution in [3.05, 3.63) is 23.2 Å². The second-order valence-corrected chi connectivity index (χ2v) is 5.34. The van der Waals surface area contributed by atoms with Gasteiger partial charge < -0.3 is 15.2 Å². The van der Waals surface area contributed by atoms with E-state index in [0.29, 0.717) is 23.0 Å². The standard InChI is InChI=1S/C14H19ClN2O3/c1-20-13-5-4-10(7-12(13)15)16-14(19)9-17-6-2-3-11(18)8-17/h4-5,7,11,18H,2-3,6,8-9H2,1H3,(H,16,19). The van der Waals surface area contributed by atoms with E-state index in [0.717, 1.165) is 19.4 Å². The minimum atomic E-state index is -0.327. The molecule has 1 heterocycles. The highest BCUT2D eigenvalue weighted by molar-refractivity contribution is 6.32. The number of rotatable bonds is 4. The summed E-state index contributed by atoms with van der Waals surface area (Å²) in [6.45, 7) is 1.67. The first-order valence-electron chi connectivity index (χ1n) is 6.62. The molecule has 1 amide bonds. The highest BCUT2D eigenvalue weighted by atomic mass is 35.5. The molecule has 0 saturated carbocycles. The van der Waals surface area contributed by atoms with E-state index >= 15 is 0 Å². The Morgan fingerprint density at radius 3 is 3.05 bits per heavy atom. The molecular formula is C14H19ClN2O3. The molecule has 1 aromatic rings. The van der Waals surface area contributed by atoms with E-state index in [4.69, 9.17) is 16.3 Å². The number of ether oxygens (including phenoxy) is 1. The number of carbonyl (C=O) groups excluding carboxylic acids is 1. The predicted molar refractivity (Wildman–Crippen MR) is 78.3 cm³/mol. The van der Waals surface area contributed by atoms with Gasteiger partial charge in [0.15, 0.2) is 0 Å². The fraction of sp³-hybridized carbons (Fsp3) is 0.500. The maximum atomic E-state index is 11.9. The lowest BCUT2D eigenvalue weighted by Gasteiger charge is -2.29. The van der Waals surface area contributed by atoms with Crippen molar-refractivity contribution in [1.29, 1.82) is 0 Å². The highest BCUT2D eigenvalue weighted by Gasteiger charge is 2.19. The number of hydrogen-bond donors (Lipinski definition) is 2. The van der Waals surface area contributed by atoms with E-state index in [-0.39, 0.29) is 18.6 Å². The molecule has 1 atom stereocenters. The molecule has 1 aromatic carbocycles. The number of aliphatic hydroxyl groups is 1. The Labute approximate surface area is 123 Å². The number of amides is 1. The summed E-state index contributed by atoms with van der Waals surface area (Å²) < 4.78 is 5.06. The second kappa shape index (κ2) is 6.92. The maximum absolute atomic E-state index is 11.9. The fourth-order valence-electron chi connectivity index (χ4n) is 2.32. The largest absolute Gasteiger partial charge is 0.495 e. The average Bonchev–Trinajstić information content (AvgIpc) is 2.38. The number of methoxy groups -OCH3 is 1. The van der Waals surface area contributed by atoms with Crippen LogP contribution in [0, 0.1) is 0 Å². The SMILES string of the molecule is COc1ccc(NC(=O)CN2CCCC(O)C2)cc1Cl. The molecule has 5 nitrogen and oxygen atoms in total. The number of carbonyl (C=O) groups is 1. The molecule has 0 spiro atoms. The number of nitrogens with one attached hydrogen (secondary N) is 1. The van der Waals surface area contributed by atoms with Crippen LogP contribution in [0.5, 0.6) is 5.75 Å². The summed E-state index contributed by atoms with van der Waals surface area (Å²) in [4.78, 5) is 13.9. The smallest absolute Gasteiger partial charge is 0.238 e. The van der Waals surface area contributed by atoms with Crippen molar-refractivity contribution in [2.45, 2.75) is 18.9 Å². The molecule has 2 N–H and O–H groups in total. The Morgan fingerprint density at radius 2 is 2.40 bits per heavy atom. The van der Waals surface area contributed by atoms with Crippen LogP contribution < -0.4 is 10.1 Å². The van der Waals surface area contributed by atoms with Gasteiger partial charge in [-0.15, -0.1) is 0 Å². The number of anilines is 1. The van der Waals surface area contributed by atoms with Gasteiger partial charge in [0.25, 0.3) is 0 Å². The minimum absolute atomic E-state index is 0.111. The molecule has 1 unspecified atom stereocenters. The molecule has 1 aliphatic rings. The van der Waals surface area contributed by atoms with Crippen molar-refractivity contribution in [1.82, 2.24) is 4.90 Å². The molecule has 0 aromatic heterocycles. The van der Waals surface area contributed by atoms with Gasteiger partial charge in [-0.05, 0) is 37.6 Å². The molecule has 2 rings (SSSR count). The van der Waals surface area contributed by atoms with Crippen molar-refractivity contribution in [2.24, 2.45) is 0 Å². The van der Waals surface area contributed by atoms with E-state index in [2.05, 4.69) is 5.32 Å². The number of halogens is 1. The summed E-state index contributed by atoms with van der Waals surface area (Å²) in [5.41, 5.74) is 0.637. The molecule has 0 bridgehead atoms. The number of aliphatic hydroxyl groups excluding tert-OH is 1. The Hall–Kier alpha value is -1.30. The van der Waals surface area contributed by atoms with E-state index < -0.39 is 0 Å². The van der Waals surface area contributed by atoms with Gasteiger partial charge in [0.1, 0.15) is 5.75 Å². The topological polar surface area (TPSA) is 61.8 Å².